The Bertz CT molecular complexity index is 1020. The monoisotopic (exact) mass is 455 g/mol. The van der Waals surface area contributed by atoms with Gasteiger partial charge in [-0.25, -0.2) is 0 Å². The van der Waals surface area contributed by atoms with Crippen LogP contribution in [-0.2, 0) is 4.79 Å². The molecule has 0 aliphatic heterocycles. The summed E-state index contributed by atoms with van der Waals surface area (Å²) in [6.45, 7) is 4.68. The van der Waals surface area contributed by atoms with Gasteiger partial charge in [-0.05, 0) is 67.4 Å². The molecule has 1 aromatic heterocycles. The number of methoxy groups -OCH3 is 1. The van der Waals surface area contributed by atoms with Crippen LogP contribution in [0.2, 0.25) is 0 Å². The summed E-state index contributed by atoms with van der Waals surface area (Å²) in [4.78, 5) is 24.1. The maximum Gasteiger partial charge on any atom is 0.303 e. The quantitative estimate of drug-likeness (QED) is 0.365. The fourth-order valence-electron chi connectivity index (χ4n) is 5.73. The molecule has 1 heterocycles. The summed E-state index contributed by atoms with van der Waals surface area (Å²) in [6, 6.07) is 5.99. The molecular formula is C26H33NO4S. The van der Waals surface area contributed by atoms with Crippen molar-refractivity contribution in [3.8, 4) is 5.75 Å². The lowest BCUT2D eigenvalue weighted by Gasteiger charge is -2.62. The molecule has 1 unspecified atom stereocenters. The molecule has 1 aromatic carbocycles. The second-order valence-corrected chi connectivity index (χ2v) is 10.7. The number of carboxylic acid groups (broad SMARTS) is 1. The number of thiophene rings is 1. The molecule has 5 nitrogen and oxygen atoms in total. The third-order valence-corrected chi connectivity index (χ3v) is 8.78. The van der Waals surface area contributed by atoms with Gasteiger partial charge < -0.3 is 15.2 Å². The topological polar surface area (TPSA) is 75.6 Å². The Balaban J connectivity index is 1.48. The van der Waals surface area contributed by atoms with Gasteiger partial charge in [0.2, 0.25) is 0 Å². The van der Waals surface area contributed by atoms with Crippen LogP contribution in [0, 0.1) is 23.2 Å². The first kappa shape index (κ1) is 22.8. The second kappa shape index (κ2) is 9.26. The highest BCUT2D eigenvalue weighted by Gasteiger charge is 2.57. The van der Waals surface area contributed by atoms with Gasteiger partial charge in [0, 0.05) is 23.2 Å². The first-order valence-electron chi connectivity index (χ1n) is 11.5. The Kier molecular flexibility index (Phi) is 6.61. The third kappa shape index (κ3) is 4.29. The largest absolute Gasteiger partial charge is 0.495 e. The van der Waals surface area contributed by atoms with E-state index < -0.39 is 5.97 Å². The average molecular weight is 456 g/mol. The van der Waals surface area contributed by atoms with E-state index >= 15 is 0 Å². The van der Waals surface area contributed by atoms with Gasteiger partial charge in [-0.15, -0.1) is 11.3 Å². The Labute approximate surface area is 193 Å². The van der Waals surface area contributed by atoms with Crippen molar-refractivity contribution in [2.24, 2.45) is 23.2 Å². The van der Waals surface area contributed by atoms with Gasteiger partial charge in [-0.2, -0.15) is 0 Å². The van der Waals surface area contributed by atoms with Crippen molar-refractivity contribution in [3.63, 3.8) is 0 Å². The minimum Gasteiger partial charge on any atom is -0.495 e. The van der Waals surface area contributed by atoms with E-state index in [1.807, 2.05) is 23.6 Å². The minimum absolute atomic E-state index is 0.00157. The zero-order chi connectivity index (χ0) is 22.9. The van der Waals surface area contributed by atoms with Gasteiger partial charge in [0.05, 0.1) is 17.4 Å². The molecule has 3 aliphatic rings. The summed E-state index contributed by atoms with van der Waals surface area (Å²) in [5, 5.41) is 15.2. The number of carbonyl (C=O) groups excluding carboxylic acids is 1. The van der Waals surface area contributed by atoms with E-state index in [-0.39, 0.29) is 23.8 Å². The maximum atomic E-state index is 13.4. The number of carboxylic acids is 1. The number of benzene rings is 1. The van der Waals surface area contributed by atoms with Crippen LogP contribution >= 0.6 is 11.3 Å². The number of hydrogen-bond acceptors (Lipinski definition) is 4. The molecule has 6 heteroatoms. The van der Waals surface area contributed by atoms with Gasteiger partial charge in [0.15, 0.2) is 0 Å². The van der Waals surface area contributed by atoms with Gasteiger partial charge in [-0.3, -0.25) is 9.59 Å². The number of aliphatic carboxylic acids is 1. The van der Waals surface area contributed by atoms with E-state index in [1.165, 1.54) is 6.42 Å². The van der Waals surface area contributed by atoms with Crippen LogP contribution in [0.15, 0.2) is 35.7 Å². The van der Waals surface area contributed by atoms with Crippen LogP contribution in [0.3, 0.4) is 0 Å². The summed E-state index contributed by atoms with van der Waals surface area (Å²) >= 11 is 1.55. The average Bonchev–Trinajstić information content (AvgIpc) is 3.19. The number of rotatable bonds is 9. The Morgan fingerprint density at radius 3 is 2.81 bits per heavy atom. The van der Waals surface area contributed by atoms with Crippen LogP contribution < -0.4 is 10.1 Å². The molecule has 4 atom stereocenters. The molecule has 3 fully saturated rings. The molecular weight excluding hydrogens is 422 g/mol. The lowest BCUT2D eigenvalue weighted by molar-refractivity contribution is -0.137. The van der Waals surface area contributed by atoms with E-state index in [9.17, 15) is 9.59 Å². The molecule has 3 saturated carbocycles. The van der Waals surface area contributed by atoms with Crippen LogP contribution in [-0.4, -0.2) is 30.1 Å². The lowest BCUT2D eigenvalue weighted by Crippen LogP contribution is -2.63. The zero-order valence-electron chi connectivity index (χ0n) is 19.1. The summed E-state index contributed by atoms with van der Waals surface area (Å²) in [5.74, 6) is 1.70. The molecule has 2 aromatic rings. The van der Waals surface area contributed by atoms with Crippen LogP contribution in [0.4, 0.5) is 0 Å². The van der Waals surface area contributed by atoms with E-state index in [1.54, 1.807) is 18.4 Å². The highest BCUT2D eigenvalue weighted by atomic mass is 32.1. The summed E-state index contributed by atoms with van der Waals surface area (Å²) in [5.41, 5.74) is 0.982. The number of fused-ring (bicyclic) bond motifs is 3. The smallest absolute Gasteiger partial charge is 0.303 e. The van der Waals surface area contributed by atoms with Gasteiger partial charge in [0.1, 0.15) is 5.75 Å². The van der Waals surface area contributed by atoms with Crippen molar-refractivity contribution in [1.82, 2.24) is 5.32 Å². The molecule has 0 saturated heterocycles. The van der Waals surface area contributed by atoms with Gasteiger partial charge in [0.25, 0.3) is 5.91 Å². The SMILES string of the molecule is COc1csc2c(C(=O)NC3[C@H](CC=CCCCC(=O)O)C[C@@H]4C[C@H]3C4(C)C)cccc12. The van der Waals surface area contributed by atoms with E-state index in [0.717, 1.165) is 46.6 Å². The van der Waals surface area contributed by atoms with E-state index in [4.69, 9.17) is 9.84 Å². The number of nitrogens with one attached hydrogen (secondary N) is 1. The van der Waals surface area contributed by atoms with E-state index in [0.29, 0.717) is 18.3 Å². The van der Waals surface area contributed by atoms with Gasteiger partial charge in [-0.1, -0.05) is 32.1 Å². The van der Waals surface area contributed by atoms with Crippen molar-refractivity contribution >= 4 is 33.3 Å². The number of carbonyl (C=O) groups is 2. The number of hydrogen-bond donors (Lipinski definition) is 2. The van der Waals surface area contributed by atoms with Crippen molar-refractivity contribution in [2.75, 3.05) is 7.11 Å². The minimum atomic E-state index is -0.742. The molecule has 0 spiro atoms. The number of allylic oxidation sites excluding steroid dienone is 2. The molecule has 172 valence electrons. The molecule has 3 aliphatic carbocycles. The first-order valence-corrected chi connectivity index (χ1v) is 12.4. The predicted molar refractivity (Wildman–Crippen MR) is 128 cm³/mol. The summed E-state index contributed by atoms with van der Waals surface area (Å²) in [6.07, 6.45) is 9.21. The van der Waals surface area contributed by atoms with Crippen LogP contribution in [0.25, 0.3) is 10.1 Å². The molecule has 2 bridgehead atoms. The van der Waals surface area contributed by atoms with Crippen LogP contribution in [0.5, 0.6) is 5.75 Å². The summed E-state index contributed by atoms with van der Waals surface area (Å²) in [7, 11) is 1.66. The van der Waals surface area contributed by atoms with Crippen LogP contribution in [0.1, 0.15) is 62.7 Å². The van der Waals surface area contributed by atoms with Crippen molar-refractivity contribution < 1.29 is 19.4 Å². The normalized spacial score (nSPS) is 26.1. The highest BCUT2D eigenvalue weighted by Crippen LogP contribution is 2.61. The van der Waals surface area contributed by atoms with Crippen molar-refractivity contribution in [3.05, 3.63) is 41.3 Å². The Morgan fingerprint density at radius 1 is 1.28 bits per heavy atom. The first-order chi connectivity index (χ1) is 15.3. The van der Waals surface area contributed by atoms with E-state index in [2.05, 4.69) is 31.3 Å². The predicted octanol–water partition coefficient (Wildman–Crippen LogP) is 5.89. The number of unbranched alkanes of at least 4 members (excludes halogenated alkanes) is 1. The van der Waals surface area contributed by atoms with Crippen molar-refractivity contribution in [1.29, 1.82) is 0 Å². The molecule has 32 heavy (non-hydrogen) atoms. The maximum absolute atomic E-state index is 13.4. The standard InChI is InChI=1S/C26H33NO4S/c1-26(2)17-13-16(9-6-4-5-7-12-22(28)29)23(20(26)14-17)27-25(30)19-11-8-10-18-21(31-3)15-32-24(18)19/h4,6,8,10-11,15-17,20,23H,5,7,9,12-14H2,1-3H3,(H,27,30)(H,28,29)/t16-,17-,20-,23?/m1/s1. The van der Waals surface area contributed by atoms with Gasteiger partial charge >= 0.3 is 5.97 Å². The zero-order valence-corrected chi connectivity index (χ0v) is 19.9. The number of amides is 1. The molecule has 5 rings (SSSR count). The molecule has 1 amide bonds. The highest BCUT2D eigenvalue weighted by molar-refractivity contribution is 7.18. The fraction of sp³-hybridized carbons (Fsp3) is 0.538. The third-order valence-electron chi connectivity index (χ3n) is 7.77. The number of ether oxygens (including phenoxy) is 1. The fourth-order valence-corrected chi connectivity index (χ4v) is 6.76. The summed E-state index contributed by atoms with van der Waals surface area (Å²) < 4.78 is 6.41. The second-order valence-electron chi connectivity index (χ2n) is 9.83. The van der Waals surface area contributed by atoms with Crippen molar-refractivity contribution in [2.45, 2.75) is 58.4 Å². The molecule has 0 radical (unpaired) electrons. The molecule has 2 N–H and O–H groups in total. The Hall–Kier alpha value is -2.34. The lowest BCUT2D eigenvalue weighted by atomic mass is 9.44. The Morgan fingerprint density at radius 2 is 2.09 bits per heavy atom.